The Kier molecular flexibility index (Phi) is 2.99. The monoisotopic (exact) mass is 200 g/mol. The third-order valence-electron chi connectivity index (χ3n) is 1.15. The van der Waals surface area contributed by atoms with Crippen LogP contribution < -0.4 is 5.43 Å². The minimum absolute atomic E-state index is 0.431. The van der Waals surface area contributed by atoms with Crippen LogP contribution in [-0.4, -0.2) is 18.5 Å². The second kappa shape index (κ2) is 4.01. The zero-order valence-electron chi connectivity index (χ0n) is 6.58. The van der Waals surface area contributed by atoms with Gasteiger partial charge in [0.25, 0.3) is 0 Å². The molecule has 2 N–H and O–H groups in total. The molecule has 70 valence electrons. The van der Waals surface area contributed by atoms with Crippen molar-refractivity contribution in [2.24, 2.45) is 5.10 Å². The van der Waals surface area contributed by atoms with Crippen molar-refractivity contribution in [3.05, 3.63) is 30.3 Å². The quantitative estimate of drug-likeness (QED) is 0.329. The maximum Gasteiger partial charge on any atom is 0.306 e. The lowest BCUT2D eigenvalue weighted by molar-refractivity contribution is 0.499. The van der Waals surface area contributed by atoms with Gasteiger partial charge >= 0.3 is 10.1 Å². The van der Waals surface area contributed by atoms with Crippen LogP contribution in [0.5, 0.6) is 0 Å². The molecule has 0 saturated carbocycles. The van der Waals surface area contributed by atoms with Gasteiger partial charge in [-0.15, -0.1) is 0 Å². The van der Waals surface area contributed by atoms with Crippen LogP contribution in [-0.2, 0) is 10.1 Å². The SMILES string of the molecule is O=S(=O)(O)/C=N\Nc1ccccc1. The highest BCUT2D eigenvalue weighted by Gasteiger charge is 1.95. The van der Waals surface area contributed by atoms with Crippen LogP contribution >= 0.6 is 0 Å². The van der Waals surface area contributed by atoms with Crippen LogP contribution in [0.2, 0.25) is 0 Å². The minimum atomic E-state index is -4.15. The molecule has 0 unspecified atom stereocenters. The summed E-state index contributed by atoms with van der Waals surface area (Å²) in [6.07, 6.45) is 0. The van der Waals surface area contributed by atoms with Gasteiger partial charge in [0.1, 0.15) is 0 Å². The van der Waals surface area contributed by atoms with Gasteiger partial charge in [0.05, 0.1) is 5.69 Å². The average molecular weight is 200 g/mol. The smallest absolute Gasteiger partial charge is 0.281 e. The van der Waals surface area contributed by atoms with Crippen molar-refractivity contribution < 1.29 is 13.0 Å². The lowest BCUT2D eigenvalue weighted by atomic mass is 10.3. The Balaban J connectivity index is 2.59. The summed E-state index contributed by atoms with van der Waals surface area (Å²) in [7, 11) is -4.15. The number of anilines is 1. The number of rotatable bonds is 3. The Morgan fingerprint density at radius 2 is 1.92 bits per heavy atom. The average Bonchev–Trinajstić information content (AvgIpc) is 2.04. The van der Waals surface area contributed by atoms with Crippen LogP contribution in [0.3, 0.4) is 0 Å². The summed E-state index contributed by atoms with van der Waals surface area (Å²) in [5.74, 6) is 0. The molecule has 0 heterocycles. The fourth-order valence-corrected chi connectivity index (χ4v) is 0.866. The molecule has 1 aromatic carbocycles. The van der Waals surface area contributed by atoms with E-state index >= 15 is 0 Å². The van der Waals surface area contributed by atoms with E-state index in [0.29, 0.717) is 11.2 Å². The molecule has 6 heteroatoms. The summed E-state index contributed by atoms with van der Waals surface area (Å²) in [6.45, 7) is 0. The predicted molar refractivity (Wildman–Crippen MR) is 50.1 cm³/mol. The van der Waals surface area contributed by atoms with E-state index in [1.54, 1.807) is 24.3 Å². The summed E-state index contributed by atoms with van der Waals surface area (Å²) in [4.78, 5) is 0. The fourth-order valence-electron chi connectivity index (χ4n) is 0.680. The molecule has 0 spiro atoms. The predicted octanol–water partition coefficient (Wildman–Crippen LogP) is 0.930. The standard InChI is InChI=1S/C7H8N2O3S/c10-13(11,12)6-8-9-7-4-2-1-3-5-7/h1-6,9H,(H,10,11,12)/b8-6-. The maximum atomic E-state index is 10.2. The van der Waals surface area contributed by atoms with Crippen molar-refractivity contribution in [1.29, 1.82) is 0 Å². The third-order valence-corrected chi connectivity index (χ3v) is 1.53. The first kappa shape index (κ1) is 9.69. The molecule has 13 heavy (non-hydrogen) atoms. The number of nitrogens with one attached hydrogen (secondary N) is 1. The molecule has 0 aliphatic rings. The molecule has 5 nitrogen and oxygen atoms in total. The van der Waals surface area contributed by atoms with Crippen molar-refractivity contribution in [3.63, 3.8) is 0 Å². The molecule has 0 fully saturated rings. The van der Waals surface area contributed by atoms with Gasteiger partial charge < -0.3 is 0 Å². The Bertz CT molecular complexity index is 385. The highest BCUT2D eigenvalue weighted by molar-refractivity contribution is 7.99. The van der Waals surface area contributed by atoms with Gasteiger partial charge in [0, 0.05) is 0 Å². The largest absolute Gasteiger partial charge is 0.306 e. The molecule has 0 amide bonds. The highest BCUT2D eigenvalue weighted by Crippen LogP contribution is 2.03. The Hall–Kier alpha value is -1.40. The Labute approximate surface area is 75.8 Å². The van der Waals surface area contributed by atoms with Crippen LogP contribution in [0, 0.1) is 0 Å². The van der Waals surface area contributed by atoms with Crippen molar-refractivity contribution in [2.45, 2.75) is 0 Å². The summed E-state index contributed by atoms with van der Waals surface area (Å²) in [6, 6.07) is 8.77. The lowest BCUT2D eigenvalue weighted by Crippen LogP contribution is -1.99. The first-order valence-corrected chi connectivity index (χ1v) is 4.90. The number of hydrogen-bond donors (Lipinski definition) is 2. The van der Waals surface area contributed by atoms with Gasteiger partial charge in [-0.1, -0.05) is 18.2 Å². The first-order chi connectivity index (χ1) is 6.08. The van der Waals surface area contributed by atoms with E-state index in [1.807, 2.05) is 6.07 Å². The maximum absolute atomic E-state index is 10.2. The van der Waals surface area contributed by atoms with Crippen molar-refractivity contribution in [1.82, 2.24) is 0 Å². The molecule has 0 aliphatic carbocycles. The van der Waals surface area contributed by atoms with E-state index in [1.165, 1.54) is 0 Å². The van der Waals surface area contributed by atoms with Gasteiger partial charge in [0.2, 0.25) is 0 Å². The molecule has 0 radical (unpaired) electrons. The van der Waals surface area contributed by atoms with E-state index in [9.17, 15) is 8.42 Å². The summed E-state index contributed by atoms with van der Waals surface area (Å²) < 4.78 is 28.7. The fraction of sp³-hybridized carbons (Fsp3) is 0. The molecular weight excluding hydrogens is 192 g/mol. The van der Waals surface area contributed by atoms with E-state index in [0.717, 1.165) is 0 Å². The van der Waals surface area contributed by atoms with Crippen LogP contribution in [0.25, 0.3) is 0 Å². The zero-order valence-corrected chi connectivity index (χ0v) is 7.40. The number of para-hydroxylation sites is 1. The molecule has 1 aromatic rings. The Morgan fingerprint density at radius 3 is 2.46 bits per heavy atom. The summed E-state index contributed by atoms with van der Waals surface area (Å²) in [5.41, 5.74) is 3.50. The minimum Gasteiger partial charge on any atom is -0.281 e. The van der Waals surface area contributed by atoms with Crippen molar-refractivity contribution in [2.75, 3.05) is 5.43 Å². The Morgan fingerprint density at radius 1 is 1.31 bits per heavy atom. The molecule has 0 aliphatic heterocycles. The van der Waals surface area contributed by atoms with Gasteiger partial charge in [-0.3, -0.25) is 9.98 Å². The second-order valence-electron chi connectivity index (χ2n) is 2.23. The van der Waals surface area contributed by atoms with Gasteiger partial charge in [-0.2, -0.15) is 13.5 Å². The number of benzene rings is 1. The molecule has 0 saturated heterocycles. The van der Waals surface area contributed by atoms with Gasteiger partial charge in [-0.25, -0.2) is 0 Å². The normalized spacial score (nSPS) is 11.8. The van der Waals surface area contributed by atoms with Crippen molar-refractivity contribution in [3.8, 4) is 0 Å². The molecule has 0 aromatic heterocycles. The first-order valence-electron chi connectivity index (χ1n) is 3.39. The van der Waals surface area contributed by atoms with E-state index in [4.69, 9.17) is 4.55 Å². The topological polar surface area (TPSA) is 78.8 Å². The highest BCUT2D eigenvalue weighted by atomic mass is 32.2. The molecule has 0 bridgehead atoms. The van der Waals surface area contributed by atoms with Crippen LogP contribution in [0.1, 0.15) is 0 Å². The van der Waals surface area contributed by atoms with Gasteiger partial charge in [0.15, 0.2) is 5.55 Å². The van der Waals surface area contributed by atoms with Crippen molar-refractivity contribution >= 4 is 21.4 Å². The second-order valence-corrected chi connectivity index (χ2v) is 3.47. The molecule has 0 atom stereocenters. The number of nitrogens with zero attached hydrogens (tertiary/aromatic N) is 1. The summed E-state index contributed by atoms with van der Waals surface area (Å²) >= 11 is 0. The lowest BCUT2D eigenvalue weighted by Gasteiger charge is -1.96. The van der Waals surface area contributed by atoms with Gasteiger partial charge in [-0.05, 0) is 12.1 Å². The summed E-state index contributed by atoms with van der Waals surface area (Å²) in [5, 5.41) is 3.30. The molecule has 1 rings (SSSR count). The van der Waals surface area contributed by atoms with Crippen LogP contribution in [0.4, 0.5) is 5.69 Å². The zero-order chi connectivity index (χ0) is 9.73. The third kappa shape index (κ3) is 4.24. The van der Waals surface area contributed by atoms with E-state index < -0.39 is 10.1 Å². The molecular formula is C7H8N2O3S. The van der Waals surface area contributed by atoms with E-state index in [2.05, 4.69) is 10.5 Å². The van der Waals surface area contributed by atoms with Crippen LogP contribution in [0.15, 0.2) is 35.4 Å². The number of hydrogen-bond acceptors (Lipinski definition) is 4. The van der Waals surface area contributed by atoms with E-state index in [-0.39, 0.29) is 0 Å². The number of hydrazone groups is 1.